The molecule has 11 nitrogen and oxygen atoms in total. The van der Waals surface area contributed by atoms with Gasteiger partial charge in [-0.3, -0.25) is 10.1 Å². The van der Waals surface area contributed by atoms with E-state index in [9.17, 15) is 18.5 Å². The number of aromatic nitrogens is 1. The highest BCUT2D eigenvalue weighted by atomic mass is 32.2. The Morgan fingerprint density at radius 3 is 2.59 bits per heavy atom. The second-order valence-electron chi connectivity index (χ2n) is 7.82. The lowest BCUT2D eigenvalue weighted by molar-refractivity contribution is -0.384. The lowest BCUT2D eigenvalue weighted by atomic mass is 10.2. The van der Waals surface area contributed by atoms with Crippen LogP contribution in [0.2, 0.25) is 0 Å². The first-order valence-electron chi connectivity index (χ1n) is 10.6. The molecule has 2 aromatic carbocycles. The Labute approximate surface area is 196 Å². The summed E-state index contributed by atoms with van der Waals surface area (Å²) in [6.45, 7) is 1.86. The van der Waals surface area contributed by atoms with E-state index in [0.717, 1.165) is 6.54 Å². The van der Waals surface area contributed by atoms with Gasteiger partial charge in [-0.2, -0.15) is 4.98 Å². The summed E-state index contributed by atoms with van der Waals surface area (Å²) in [5.41, 5.74) is -0.168. The second-order valence-corrected chi connectivity index (χ2v) is 9.69. The van der Waals surface area contributed by atoms with Crippen LogP contribution in [0.1, 0.15) is 6.42 Å². The van der Waals surface area contributed by atoms with Gasteiger partial charge in [0.25, 0.3) is 5.69 Å². The zero-order chi connectivity index (χ0) is 24.3. The maximum absolute atomic E-state index is 13.5. The van der Waals surface area contributed by atoms with Crippen molar-refractivity contribution in [2.75, 3.05) is 45.7 Å². The summed E-state index contributed by atoms with van der Waals surface area (Å²) in [5, 5.41) is 14.1. The van der Waals surface area contributed by atoms with Crippen LogP contribution in [-0.2, 0) is 9.84 Å². The number of benzene rings is 2. The molecule has 3 aromatic rings. The fourth-order valence-electron chi connectivity index (χ4n) is 3.43. The second kappa shape index (κ2) is 9.69. The Morgan fingerprint density at radius 1 is 1.12 bits per heavy atom. The number of nitro benzene ring substituents is 1. The summed E-state index contributed by atoms with van der Waals surface area (Å²) >= 11 is 0. The monoisotopic (exact) mass is 488 g/mol. The van der Waals surface area contributed by atoms with Crippen molar-refractivity contribution in [3.8, 4) is 23.0 Å². The van der Waals surface area contributed by atoms with Gasteiger partial charge in [0.15, 0.2) is 11.5 Å². The number of ether oxygens (including phenoxy) is 2. The Bertz CT molecular complexity index is 1300. The molecule has 0 unspecified atom stereocenters. The van der Waals surface area contributed by atoms with E-state index in [1.54, 1.807) is 6.07 Å². The highest BCUT2D eigenvalue weighted by Crippen LogP contribution is 2.38. The highest BCUT2D eigenvalue weighted by Gasteiger charge is 2.31. The van der Waals surface area contributed by atoms with E-state index < -0.39 is 14.8 Å². The van der Waals surface area contributed by atoms with Crippen molar-refractivity contribution < 1.29 is 27.2 Å². The van der Waals surface area contributed by atoms with E-state index in [2.05, 4.69) is 10.3 Å². The van der Waals surface area contributed by atoms with Gasteiger partial charge in [-0.25, -0.2) is 8.42 Å². The van der Waals surface area contributed by atoms with Gasteiger partial charge >= 0.3 is 0 Å². The molecule has 0 fully saturated rings. The van der Waals surface area contributed by atoms with Crippen molar-refractivity contribution in [3.05, 3.63) is 52.6 Å². The first-order valence-corrected chi connectivity index (χ1v) is 12.0. The molecule has 0 saturated heterocycles. The molecule has 0 bridgehead atoms. The average Bonchev–Trinajstić information content (AvgIpc) is 3.26. The van der Waals surface area contributed by atoms with Crippen LogP contribution in [-0.4, -0.2) is 63.6 Å². The standard InChI is InChI=1S/C22H24N4O7S/c1-25(2)11-5-10-23-21-22(24-20(33-21)16-6-3-4-7-17(16)26(27)28)34(29,30)15-8-9-18-19(14-15)32-13-12-31-18/h3-4,6-9,14,23H,5,10-13H2,1-2H3. The first kappa shape index (κ1) is 23.5. The Balaban J connectivity index is 1.76. The number of fused-ring (bicyclic) bond motifs is 1. The smallest absolute Gasteiger partial charge is 0.282 e. The molecule has 0 amide bonds. The highest BCUT2D eigenvalue weighted by molar-refractivity contribution is 7.91. The first-order chi connectivity index (χ1) is 16.3. The van der Waals surface area contributed by atoms with Gasteiger partial charge in [-0.1, -0.05) is 12.1 Å². The van der Waals surface area contributed by atoms with Gasteiger partial charge < -0.3 is 24.1 Å². The van der Waals surface area contributed by atoms with E-state index >= 15 is 0 Å². The van der Waals surface area contributed by atoms with E-state index in [-0.39, 0.29) is 32.9 Å². The zero-order valence-corrected chi connectivity index (χ0v) is 19.5. The SMILES string of the molecule is CN(C)CCCNc1oc(-c2ccccc2[N+](=O)[O-])nc1S(=O)(=O)c1ccc2c(c1)OCCO2. The summed E-state index contributed by atoms with van der Waals surface area (Å²) in [4.78, 5) is 17.0. The van der Waals surface area contributed by atoms with Gasteiger partial charge in [0.2, 0.25) is 26.6 Å². The summed E-state index contributed by atoms with van der Waals surface area (Å²) in [6, 6.07) is 10.2. The molecule has 0 atom stereocenters. The third-order valence-electron chi connectivity index (χ3n) is 5.07. The van der Waals surface area contributed by atoms with E-state index in [1.807, 2.05) is 19.0 Å². The van der Waals surface area contributed by atoms with E-state index in [4.69, 9.17) is 13.9 Å². The number of hydrogen-bond acceptors (Lipinski definition) is 10. The summed E-state index contributed by atoms with van der Waals surface area (Å²) in [6.07, 6.45) is 0.706. The maximum atomic E-state index is 13.5. The fourth-order valence-corrected chi connectivity index (χ4v) is 4.72. The molecule has 2 heterocycles. The molecule has 4 rings (SSSR count). The summed E-state index contributed by atoms with van der Waals surface area (Å²) < 4.78 is 43.8. The molecule has 0 spiro atoms. The van der Waals surface area contributed by atoms with Crippen LogP contribution in [0.5, 0.6) is 11.5 Å². The van der Waals surface area contributed by atoms with Crippen LogP contribution >= 0.6 is 0 Å². The predicted octanol–water partition coefficient (Wildman–Crippen LogP) is 3.22. The largest absolute Gasteiger partial charge is 0.486 e. The number of hydrogen-bond donors (Lipinski definition) is 1. The Kier molecular flexibility index (Phi) is 6.70. The minimum absolute atomic E-state index is 0.0597. The summed E-state index contributed by atoms with van der Waals surface area (Å²) in [7, 11) is -0.301. The van der Waals surface area contributed by atoms with Gasteiger partial charge in [-0.05, 0) is 45.3 Å². The van der Waals surface area contributed by atoms with Crippen LogP contribution in [0.15, 0.2) is 56.8 Å². The number of sulfone groups is 1. The molecule has 1 N–H and O–H groups in total. The number of nitrogens with one attached hydrogen (secondary N) is 1. The molecule has 1 aliphatic heterocycles. The number of anilines is 1. The molecule has 0 saturated carbocycles. The van der Waals surface area contributed by atoms with Gasteiger partial charge in [0, 0.05) is 18.7 Å². The van der Waals surface area contributed by atoms with Crippen molar-refractivity contribution in [2.24, 2.45) is 0 Å². The van der Waals surface area contributed by atoms with Crippen molar-refractivity contribution in [3.63, 3.8) is 0 Å². The minimum atomic E-state index is -4.16. The third kappa shape index (κ3) is 4.82. The van der Waals surface area contributed by atoms with Gasteiger partial charge in [0.05, 0.1) is 9.82 Å². The normalized spacial score (nSPS) is 13.1. The lowest BCUT2D eigenvalue weighted by Gasteiger charge is -2.18. The molecule has 180 valence electrons. The van der Waals surface area contributed by atoms with Crippen LogP contribution in [0.4, 0.5) is 11.6 Å². The van der Waals surface area contributed by atoms with Crippen molar-refractivity contribution in [1.82, 2.24) is 9.88 Å². The van der Waals surface area contributed by atoms with Crippen molar-refractivity contribution >= 4 is 21.4 Å². The minimum Gasteiger partial charge on any atom is -0.486 e. The Morgan fingerprint density at radius 2 is 1.85 bits per heavy atom. The van der Waals surface area contributed by atoms with E-state index in [1.165, 1.54) is 36.4 Å². The third-order valence-corrected chi connectivity index (χ3v) is 6.73. The average molecular weight is 489 g/mol. The topological polar surface area (TPSA) is 137 Å². The number of rotatable bonds is 9. The molecule has 12 heteroatoms. The number of nitro groups is 1. The quantitative estimate of drug-likeness (QED) is 0.271. The van der Waals surface area contributed by atoms with Crippen LogP contribution < -0.4 is 14.8 Å². The fraction of sp³-hybridized carbons (Fsp3) is 0.318. The number of para-hydroxylation sites is 1. The molecule has 1 aromatic heterocycles. The molecular formula is C22H24N4O7S. The van der Waals surface area contributed by atoms with Gasteiger partial charge in [-0.15, -0.1) is 0 Å². The van der Waals surface area contributed by atoms with Gasteiger partial charge in [0.1, 0.15) is 18.8 Å². The number of nitrogens with zero attached hydrogens (tertiary/aromatic N) is 3. The van der Waals surface area contributed by atoms with E-state index in [0.29, 0.717) is 37.7 Å². The molecule has 1 aliphatic rings. The Hall–Kier alpha value is -3.64. The van der Waals surface area contributed by atoms with Crippen molar-refractivity contribution in [2.45, 2.75) is 16.3 Å². The molecule has 0 aliphatic carbocycles. The molecular weight excluding hydrogens is 464 g/mol. The lowest BCUT2D eigenvalue weighted by Crippen LogP contribution is -2.17. The predicted molar refractivity (Wildman–Crippen MR) is 123 cm³/mol. The van der Waals surface area contributed by atoms with Crippen LogP contribution in [0, 0.1) is 10.1 Å². The zero-order valence-electron chi connectivity index (χ0n) is 18.7. The summed E-state index contributed by atoms with van der Waals surface area (Å²) in [5.74, 6) is 0.517. The van der Waals surface area contributed by atoms with Crippen LogP contribution in [0.25, 0.3) is 11.5 Å². The number of oxazole rings is 1. The van der Waals surface area contributed by atoms with Crippen LogP contribution in [0.3, 0.4) is 0 Å². The van der Waals surface area contributed by atoms with Crippen molar-refractivity contribution in [1.29, 1.82) is 0 Å². The molecule has 34 heavy (non-hydrogen) atoms. The maximum Gasteiger partial charge on any atom is 0.282 e. The molecule has 0 radical (unpaired) electrons.